The van der Waals surface area contributed by atoms with Crippen LogP contribution in [-0.2, 0) is 16.1 Å². The van der Waals surface area contributed by atoms with Gasteiger partial charge in [-0.05, 0) is 40.9 Å². The van der Waals surface area contributed by atoms with Crippen LogP contribution in [0.4, 0.5) is 0 Å². The van der Waals surface area contributed by atoms with E-state index in [1.54, 1.807) is 25.1 Å². The smallest absolute Gasteiger partial charge is 0.336 e. The van der Waals surface area contributed by atoms with Gasteiger partial charge in [0.2, 0.25) is 0 Å². The monoisotopic (exact) mass is 377 g/mol. The van der Waals surface area contributed by atoms with Gasteiger partial charge in [-0.25, -0.2) is 4.79 Å². The van der Waals surface area contributed by atoms with E-state index in [9.17, 15) is 14.4 Å². The lowest BCUT2D eigenvalue weighted by Gasteiger charge is -2.16. The van der Waals surface area contributed by atoms with Gasteiger partial charge in [0.15, 0.2) is 0 Å². The van der Waals surface area contributed by atoms with Gasteiger partial charge in [0.05, 0.1) is 12.1 Å². The molecule has 5 nitrogen and oxygen atoms in total. The molecule has 23 heavy (non-hydrogen) atoms. The second-order valence-electron chi connectivity index (χ2n) is 5.13. The number of carbonyl (C=O) groups is 3. The third-order valence-corrected chi connectivity index (χ3v) is 4.54. The number of benzene rings is 1. The molecule has 1 aliphatic heterocycles. The van der Waals surface area contributed by atoms with Crippen molar-refractivity contribution in [3.05, 3.63) is 57.1 Å². The summed E-state index contributed by atoms with van der Waals surface area (Å²) in [5.74, 6) is -1.78. The number of allylic oxidation sites excluding steroid dienone is 1. The molecule has 0 atom stereocenters. The third-order valence-electron chi connectivity index (χ3n) is 3.60. The van der Waals surface area contributed by atoms with Crippen LogP contribution < -0.4 is 0 Å². The highest BCUT2D eigenvalue weighted by Gasteiger charge is 2.34. The minimum atomic E-state index is -1.07. The molecule has 0 saturated carbocycles. The van der Waals surface area contributed by atoms with Gasteiger partial charge in [0, 0.05) is 15.6 Å². The zero-order chi connectivity index (χ0) is 17.1. The molecule has 0 aromatic heterocycles. The number of halogens is 1. The normalized spacial score (nSPS) is 15.2. The fourth-order valence-corrected chi connectivity index (χ4v) is 2.89. The van der Waals surface area contributed by atoms with Crippen molar-refractivity contribution in [3.63, 3.8) is 0 Å². The molecule has 120 valence electrons. The Morgan fingerprint density at radius 3 is 2.61 bits per heavy atom. The van der Waals surface area contributed by atoms with E-state index < -0.39 is 5.97 Å². The Balaban J connectivity index is 2.31. The molecule has 6 heteroatoms. The lowest BCUT2D eigenvalue weighted by atomic mass is 10.1. The Morgan fingerprint density at radius 1 is 1.30 bits per heavy atom. The number of hydrogen-bond acceptors (Lipinski definition) is 3. The Hall–Kier alpha value is -2.21. The minimum Gasteiger partial charge on any atom is -0.478 e. The largest absolute Gasteiger partial charge is 0.478 e. The van der Waals surface area contributed by atoms with Crippen molar-refractivity contribution in [2.75, 3.05) is 0 Å². The second kappa shape index (κ2) is 6.91. The summed E-state index contributed by atoms with van der Waals surface area (Å²) in [4.78, 5) is 37.0. The summed E-state index contributed by atoms with van der Waals surface area (Å²) in [7, 11) is 0. The van der Waals surface area contributed by atoms with Crippen molar-refractivity contribution in [1.82, 2.24) is 4.90 Å². The summed E-state index contributed by atoms with van der Waals surface area (Å²) in [5.41, 5.74) is 1.46. The topological polar surface area (TPSA) is 74.7 Å². The van der Waals surface area contributed by atoms with Gasteiger partial charge in [-0.2, -0.15) is 0 Å². The number of imide groups is 1. The maximum atomic E-state index is 12.4. The SMILES string of the molecule is CC/C=C\C1=C(C)C(=O)N(Cc2cccc(C(=O)O)c2Br)C1=O. The number of carboxylic acids is 1. The Kier molecular flexibility index (Phi) is 5.15. The van der Waals surface area contributed by atoms with E-state index in [0.29, 0.717) is 21.2 Å². The molecule has 1 aromatic rings. The van der Waals surface area contributed by atoms with E-state index in [2.05, 4.69) is 15.9 Å². The van der Waals surface area contributed by atoms with Crippen molar-refractivity contribution in [2.24, 2.45) is 0 Å². The first-order valence-electron chi connectivity index (χ1n) is 7.12. The van der Waals surface area contributed by atoms with Crippen LogP contribution in [-0.4, -0.2) is 27.8 Å². The minimum absolute atomic E-state index is 0.0280. The maximum absolute atomic E-state index is 12.4. The van der Waals surface area contributed by atoms with Crippen LogP contribution in [0.25, 0.3) is 0 Å². The van der Waals surface area contributed by atoms with E-state index in [4.69, 9.17) is 5.11 Å². The number of nitrogens with zero attached hydrogens (tertiary/aromatic N) is 1. The summed E-state index contributed by atoms with van der Waals surface area (Å²) in [6, 6.07) is 4.74. The first-order chi connectivity index (χ1) is 10.9. The fraction of sp³-hybridized carbons (Fsp3) is 0.235. The third kappa shape index (κ3) is 3.27. The highest BCUT2D eigenvalue weighted by atomic mass is 79.9. The zero-order valence-corrected chi connectivity index (χ0v) is 14.4. The lowest BCUT2D eigenvalue weighted by Crippen LogP contribution is -2.31. The molecule has 2 rings (SSSR count). The molecular formula is C17H16BrNO4. The predicted molar refractivity (Wildman–Crippen MR) is 88.8 cm³/mol. The molecule has 1 aromatic carbocycles. The predicted octanol–water partition coefficient (Wildman–Crippen LogP) is 3.30. The molecule has 0 aliphatic carbocycles. The van der Waals surface area contributed by atoms with Crippen LogP contribution in [0.15, 0.2) is 46.0 Å². The van der Waals surface area contributed by atoms with Crippen LogP contribution in [0.2, 0.25) is 0 Å². The van der Waals surface area contributed by atoms with Crippen molar-refractivity contribution in [2.45, 2.75) is 26.8 Å². The van der Waals surface area contributed by atoms with Gasteiger partial charge >= 0.3 is 5.97 Å². The van der Waals surface area contributed by atoms with Gasteiger partial charge in [-0.3, -0.25) is 14.5 Å². The summed E-state index contributed by atoms with van der Waals surface area (Å²) in [5, 5.41) is 9.14. The average molecular weight is 378 g/mol. The second-order valence-corrected chi connectivity index (χ2v) is 5.92. The van der Waals surface area contributed by atoms with Crippen LogP contribution >= 0.6 is 15.9 Å². The van der Waals surface area contributed by atoms with E-state index in [-0.39, 0.29) is 23.9 Å². The molecule has 1 N–H and O–H groups in total. The van der Waals surface area contributed by atoms with Crippen molar-refractivity contribution in [1.29, 1.82) is 0 Å². The molecule has 0 bridgehead atoms. The van der Waals surface area contributed by atoms with Gasteiger partial charge in [-0.1, -0.05) is 31.2 Å². The van der Waals surface area contributed by atoms with Gasteiger partial charge < -0.3 is 5.11 Å². The number of rotatable bonds is 5. The molecular weight excluding hydrogens is 362 g/mol. The van der Waals surface area contributed by atoms with E-state index in [0.717, 1.165) is 11.3 Å². The Morgan fingerprint density at radius 2 is 2.00 bits per heavy atom. The molecule has 0 radical (unpaired) electrons. The summed E-state index contributed by atoms with van der Waals surface area (Å²) < 4.78 is 0.378. The standard InChI is InChI=1S/C17H16BrNO4/c1-3-4-7-12-10(2)15(20)19(16(12)21)9-11-6-5-8-13(14(11)18)17(22)23/h4-8H,3,9H2,1-2H3,(H,22,23)/b7-4-. The molecule has 0 fully saturated rings. The summed E-state index contributed by atoms with van der Waals surface area (Å²) in [6.45, 7) is 3.60. The number of amides is 2. The van der Waals surface area contributed by atoms with Gasteiger partial charge in [0.1, 0.15) is 0 Å². The van der Waals surface area contributed by atoms with Gasteiger partial charge in [-0.15, -0.1) is 0 Å². The van der Waals surface area contributed by atoms with E-state index >= 15 is 0 Å². The summed E-state index contributed by atoms with van der Waals surface area (Å²) >= 11 is 3.24. The summed E-state index contributed by atoms with van der Waals surface area (Å²) in [6.07, 6.45) is 4.26. The fourth-order valence-electron chi connectivity index (χ4n) is 2.33. The molecule has 2 amide bonds. The maximum Gasteiger partial charge on any atom is 0.336 e. The number of carboxylic acid groups (broad SMARTS) is 1. The molecule has 1 aliphatic rings. The highest BCUT2D eigenvalue weighted by molar-refractivity contribution is 9.10. The van der Waals surface area contributed by atoms with Gasteiger partial charge in [0.25, 0.3) is 11.8 Å². The van der Waals surface area contributed by atoms with Crippen molar-refractivity contribution >= 4 is 33.7 Å². The van der Waals surface area contributed by atoms with Crippen LogP contribution in [0.5, 0.6) is 0 Å². The van der Waals surface area contributed by atoms with Crippen molar-refractivity contribution < 1.29 is 19.5 Å². The molecule has 1 heterocycles. The number of carbonyl (C=O) groups excluding carboxylic acids is 2. The molecule has 0 spiro atoms. The van der Waals surface area contributed by atoms with Crippen LogP contribution in [0.1, 0.15) is 36.2 Å². The number of aromatic carboxylic acids is 1. The quantitative estimate of drug-likeness (QED) is 0.798. The zero-order valence-electron chi connectivity index (χ0n) is 12.8. The van der Waals surface area contributed by atoms with Crippen LogP contribution in [0.3, 0.4) is 0 Å². The molecule has 0 unspecified atom stereocenters. The first kappa shape index (κ1) is 17.1. The lowest BCUT2D eigenvalue weighted by molar-refractivity contribution is -0.138. The van der Waals surface area contributed by atoms with Crippen LogP contribution in [0, 0.1) is 0 Å². The van der Waals surface area contributed by atoms with E-state index in [1.165, 1.54) is 6.07 Å². The number of hydrogen-bond donors (Lipinski definition) is 1. The van der Waals surface area contributed by atoms with E-state index in [1.807, 2.05) is 13.0 Å². The highest BCUT2D eigenvalue weighted by Crippen LogP contribution is 2.28. The first-order valence-corrected chi connectivity index (χ1v) is 7.92. The van der Waals surface area contributed by atoms with Crippen molar-refractivity contribution in [3.8, 4) is 0 Å². The Bertz CT molecular complexity index is 749. The Labute approximate surface area is 142 Å². The average Bonchev–Trinajstić information content (AvgIpc) is 2.71. The molecule has 0 saturated heterocycles.